The third-order valence-corrected chi connectivity index (χ3v) is 5.19. The fourth-order valence-corrected chi connectivity index (χ4v) is 3.66. The van der Waals surface area contributed by atoms with E-state index in [1.807, 2.05) is 36.5 Å². The molecule has 0 radical (unpaired) electrons. The summed E-state index contributed by atoms with van der Waals surface area (Å²) in [5, 5.41) is 13.0. The van der Waals surface area contributed by atoms with E-state index in [4.69, 9.17) is 0 Å². The number of aromatic nitrogens is 3. The van der Waals surface area contributed by atoms with Gasteiger partial charge in [0.15, 0.2) is 0 Å². The topological polar surface area (TPSA) is 91.8 Å². The number of carbonyl (C=O) groups is 1. The average Bonchev–Trinajstić information content (AvgIpc) is 3.24. The molecule has 0 bridgehead atoms. The molecule has 1 aliphatic rings. The molecule has 2 aromatic heterocycles. The Kier molecular flexibility index (Phi) is 5.08. The van der Waals surface area contributed by atoms with Crippen LogP contribution in [0.1, 0.15) is 34.8 Å². The Morgan fingerprint density at radius 3 is 2.79 bits per heavy atom. The van der Waals surface area contributed by atoms with Crippen molar-refractivity contribution in [1.29, 1.82) is 0 Å². The second-order valence-corrected chi connectivity index (χ2v) is 7.07. The van der Waals surface area contributed by atoms with Crippen LogP contribution in [0.3, 0.4) is 0 Å². The summed E-state index contributed by atoms with van der Waals surface area (Å²) in [7, 11) is 0. The Balaban J connectivity index is 1.62. The van der Waals surface area contributed by atoms with E-state index in [9.17, 15) is 9.59 Å². The SMILES string of the molecule is Cc1ccn(C2CCNCC2)c(=O)c1C(=O)Nc1cccc(-c2ccn[nH]2)c1. The second kappa shape index (κ2) is 7.82. The summed E-state index contributed by atoms with van der Waals surface area (Å²) in [5.41, 5.74) is 3.06. The van der Waals surface area contributed by atoms with Gasteiger partial charge in [0.25, 0.3) is 11.5 Å². The molecule has 1 fully saturated rings. The first kappa shape index (κ1) is 18.2. The van der Waals surface area contributed by atoms with Gasteiger partial charge in [-0.15, -0.1) is 0 Å². The third kappa shape index (κ3) is 3.61. The van der Waals surface area contributed by atoms with Crippen LogP contribution in [0.4, 0.5) is 5.69 Å². The van der Waals surface area contributed by atoms with Crippen molar-refractivity contribution in [3.05, 3.63) is 70.3 Å². The van der Waals surface area contributed by atoms with Gasteiger partial charge in [0, 0.05) is 29.7 Å². The van der Waals surface area contributed by atoms with Gasteiger partial charge in [-0.3, -0.25) is 14.7 Å². The normalized spacial score (nSPS) is 14.8. The number of anilines is 1. The first-order valence-corrected chi connectivity index (χ1v) is 9.47. The molecule has 7 nitrogen and oxygen atoms in total. The number of amides is 1. The molecule has 0 aliphatic carbocycles. The molecule has 1 aromatic carbocycles. The molecule has 144 valence electrons. The summed E-state index contributed by atoms with van der Waals surface area (Å²) in [6, 6.07) is 11.3. The predicted octanol–water partition coefficient (Wildman–Crippen LogP) is 2.72. The summed E-state index contributed by atoms with van der Waals surface area (Å²) < 4.78 is 1.71. The molecule has 3 N–H and O–H groups in total. The molecule has 1 amide bonds. The number of pyridine rings is 1. The number of nitrogens with zero attached hydrogens (tertiary/aromatic N) is 2. The van der Waals surface area contributed by atoms with Crippen LogP contribution in [0.25, 0.3) is 11.3 Å². The van der Waals surface area contributed by atoms with Gasteiger partial charge in [0.05, 0.1) is 5.69 Å². The maximum atomic E-state index is 13.0. The number of carbonyl (C=O) groups excluding carboxylic acids is 1. The smallest absolute Gasteiger partial charge is 0.263 e. The van der Waals surface area contributed by atoms with Gasteiger partial charge >= 0.3 is 0 Å². The molecule has 1 aliphatic heterocycles. The van der Waals surface area contributed by atoms with Gasteiger partial charge in [-0.05, 0) is 62.7 Å². The minimum atomic E-state index is -0.382. The molecule has 7 heteroatoms. The minimum absolute atomic E-state index is 0.129. The van der Waals surface area contributed by atoms with Crippen LogP contribution in [0, 0.1) is 6.92 Å². The number of H-pyrrole nitrogens is 1. The first-order valence-electron chi connectivity index (χ1n) is 9.47. The number of hydrogen-bond acceptors (Lipinski definition) is 4. The Labute approximate surface area is 162 Å². The summed E-state index contributed by atoms with van der Waals surface area (Å²) in [5.74, 6) is -0.382. The molecule has 0 saturated carbocycles. The Hall–Kier alpha value is -3.19. The highest BCUT2D eigenvalue weighted by Crippen LogP contribution is 2.21. The molecule has 0 spiro atoms. The summed E-state index contributed by atoms with van der Waals surface area (Å²) >= 11 is 0. The van der Waals surface area contributed by atoms with E-state index in [0.29, 0.717) is 11.3 Å². The van der Waals surface area contributed by atoms with Gasteiger partial charge in [-0.1, -0.05) is 12.1 Å². The molecule has 4 rings (SSSR count). The van der Waals surface area contributed by atoms with Crippen LogP contribution < -0.4 is 16.2 Å². The van der Waals surface area contributed by atoms with Gasteiger partial charge in [0.2, 0.25) is 0 Å². The number of piperidine rings is 1. The van der Waals surface area contributed by atoms with Crippen LogP contribution in [0.15, 0.2) is 53.6 Å². The van der Waals surface area contributed by atoms with Gasteiger partial charge in [-0.2, -0.15) is 5.10 Å². The van der Waals surface area contributed by atoms with Crippen LogP contribution in [-0.4, -0.2) is 33.8 Å². The number of hydrogen-bond donors (Lipinski definition) is 3. The van der Waals surface area contributed by atoms with Crippen molar-refractivity contribution in [1.82, 2.24) is 20.1 Å². The van der Waals surface area contributed by atoms with E-state index in [1.165, 1.54) is 0 Å². The molecule has 3 aromatic rings. The lowest BCUT2D eigenvalue weighted by Gasteiger charge is -2.25. The van der Waals surface area contributed by atoms with Crippen LogP contribution in [-0.2, 0) is 0 Å². The van der Waals surface area contributed by atoms with Crippen LogP contribution in [0.5, 0.6) is 0 Å². The fourth-order valence-electron chi connectivity index (χ4n) is 3.66. The number of aromatic amines is 1. The number of nitrogens with one attached hydrogen (secondary N) is 3. The lowest BCUT2D eigenvalue weighted by atomic mass is 10.0. The van der Waals surface area contributed by atoms with E-state index in [0.717, 1.165) is 37.2 Å². The van der Waals surface area contributed by atoms with E-state index in [-0.39, 0.29) is 23.1 Å². The van der Waals surface area contributed by atoms with E-state index in [2.05, 4.69) is 20.8 Å². The number of aryl methyl sites for hydroxylation is 1. The van der Waals surface area contributed by atoms with Gasteiger partial charge in [-0.25, -0.2) is 0 Å². The number of rotatable bonds is 4. The first-order chi connectivity index (χ1) is 13.6. The van der Waals surface area contributed by atoms with Crippen molar-refractivity contribution in [2.75, 3.05) is 18.4 Å². The summed E-state index contributed by atoms with van der Waals surface area (Å²) in [6.07, 6.45) is 5.26. The molecule has 0 unspecified atom stereocenters. The minimum Gasteiger partial charge on any atom is -0.322 e. The van der Waals surface area contributed by atoms with Crippen LogP contribution >= 0.6 is 0 Å². The standard InChI is InChI=1S/C21H23N5O2/c1-14-8-12-26(17-5-9-22-10-6-17)21(28)19(14)20(27)24-16-4-2-3-15(13-16)18-7-11-23-25-18/h2-4,7-8,11-13,17,22H,5-6,9-10H2,1H3,(H,23,25)(H,24,27). The fraction of sp³-hybridized carbons (Fsp3) is 0.286. The largest absolute Gasteiger partial charge is 0.322 e. The Morgan fingerprint density at radius 1 is 1.21 bits per heavy atom. The zero-order chi connectivity index (χ0) is 19.5. The predicted molar refractivity (Wildman–Crippen MR) is 109 cm³/mol. The van der Waals surface area contributed by atoms with Crippen molar-refractivity contribution in [3.8, 4) is 11.3 Å². The highest BCUT2D eigenvalue weighted by atomic mass is 16.2. The molecule has 0 atom stereocenters. The maximum absolute atomic E-state index is 13.0. The molecular formula is C21H23N5O2. The third-order valence-electron chi connectivity index (χ3n) is 5.19. The molecular weight excluding hydrogens is 354 g/mol. The molecule has 3 heterocycles. The number of benzene rings is 1. The van der Waals surface area contributed by atoms with E-state index in [1.54, 1.807) is 23.8 Å². The highest BCUT2D eigenvalue weighted by molar-refractivity contribution is 6.05. The van der Waals surface area contributed by atoms with Crippen molar-refractivity contribution in [2.45, 2.75) is 25.8 Å². The highest BCUT2D eigenvalue weighted by Gasteiger charge is 2.21. The Bertz CT molecular complexity index is 1030. The summed E-state index contributed by atoms with van der Waals surface area (Å²) in [4.78, 5) is 26.0. The lowest BCUT2D eigenvalue weighted by molar-refractivity contribution is 0.102. The lowest BCUT2D eigenvalue weighted by Crippen LogP contribution is -2.37. The van der Waals surface area contributed by atoms with E-state index >= 15 is 0 Å². The average molecular weight is 377 g/mol. The van der Waals surface area contributed by atoms with Crippen molar-refractivity contribution in [3.63, 3.8) is 0 Å². The van der Waals surface area contributed by atoms with E-state index < -0.39 is 0 Å². The van der Waals surface area contributed by atoms with Crippen molar-refractivity contribution >= 4 is 11.6 Å². The zero-order valence-corrected chi connectivity index (χ0v) is 15.7. The monoisotopic (exact) mass is 377 g/mol. The molecule has 28 heavy (non-hydrogen) atoms. The Morgan fingerprint density at radius 2 is 2.04 bits per heavy atom. The zero-order valence-electron chi connectivity index (χ0n) is 15.7. The van der Waals surface area contributed by atoms with Gasteiger partial charge < -0.3 is 15.2 Å². The quantitative estimate of drug-likeness (QED) is 0.652. The summed E-state index contributed by atoms with van der Waals surface area (Å²) in [6.45, 7) is 3.56. The second-order valence-electron chi connectivity index (χ2n) is 7.07. The molecule has 1 saturated heterocycles. The van der Waals surface area contributed by atoms with Gasteiger partial charge in [0.1, 0.15) is 5.56 Å². The maximum Gasteiger partial charge on any atom is 0.263 e. The van der Waals surface area contributed by atoms with Crippen molar-refractivity contribution < 1.29 is 4.79 Å². The van der Waals surface area contributed by atoms with Crippen LogP contribution in [0.2, 0.25) is 0 Å². The van der Waals surface area contributed by atoms with Crippen molar-refractivity contribution in [2.24, 2.45) is 0 Å².